The number of thioether (sulfide) groups is 1. The number of ether oxygens (including phenoxy) is 3. The monoisotopic (exact) mass is 530 g/mol. The first kappa shape index (κ1) is 26.0. The molecule has 1 aliphatic carbocycles. The minimum absolute atomic E-state index is 0.135. The maximum atomic E-state index is 12.8. The second-order valence-corrected chi connectivity index (χ2v) is 10.1. The second-order valence-electron chi connectivity index (χ2n) is 8.05. The third-order valence-electron chi connectivity index (χ3n) is 5.77. The molecule has 0 unspecified atom stereocenters. The minimum Gasteiger partial charge on any atom is -0.493 e. The average molecular weight is 531 g/mol. The Morgan fingerprint density at radius 2 is 1.92 bits per heavy atom. The maximum absolute atomic E-state index is 12.8. The van der Waals surface area contributed by atoms with E-state index in [1.807, 2.05) is 35.8 Å². The summed E-state index contributed by atoms with van der Waals surface area (Å²) in [6.07, 6.45) is 3.89. The topological polar surface area (TPSA) is 105 Å². The molecule has 9 nitrogen and oxygen atoms in total. The Kier molecular flexibility index (Phi) is 8.87. The molecule has 2 aromatic heterocycles. The predicted octanol–water partition coefficient (Wildman–Crippen LogP) is 4.73. The van der Waals surface area contributed by atoms with E-state index in [1.165, 1.54) is 23.1 Å². The molecule has 4 rings (SSSR count). The minimum atomic E-state index is -0.370. The van der Waals surface area contributed by atoms with Crippen LogP contribution in [0.4, 0.5) is 5.00 Å². The van der Waals surface area contributed by atoms with Gasteiger partial charge in [-0.3, -0.25) is 4.79 Å². The van der Waals surface area contributed by atoms with Crippen LogP contribution < -0.4 is 14.8 Å². The van der Waals surface area contributed by atoms with Gasteiger partial charge in [-0.15, -0.1) is 21.5 Å². The van der Waals surface area contributed by atoms with E-state index in [9.17, 15) is 9.59 Å². The molecule has 0 radical (unpaired) electrons. The van der Waals surface area contributed by atoms with Gasteiger partial charge in [0.15, 0.2) is 22.5 Å². The fraction of sp³-hybridized carbons (Fsp3) is 0.440. The smallest absolute Gasteiger partial charge is 0.341 e. The van der Waals surface area contributed by atoms with Gasteiger partial charge in [0.2, 0.25) is 5.91 Å². The Labute approximate surface area is 218 Å². The summed E-state index contributed by atoms with van der Waals surface area (Å²) in [4.78, 5) is 26.6. The molecule has 1 aromatic carbocycles. The number of aryl methyl sites for hydroxylation is 1. The molecule has 0 bridgehead atoms. The number of nitrogens with one attached hydrogen (secondary N) is 1. The fourth-order valence-corrected chi connectivity index (χ4v) is 6.21. The van der Waals surface area contributed by atoms with Crippen molar-refractivity contribution in [3.63, 3.8) is 0 Å². The largest absolute Gasteiger partial charge is 0.493 e. The normalized spacial score (nSPS) is 12.6. The quantitative estimate of drug-likeness (QED) is 0.280. The summed E-state index contributed by atoms with van der Waals surface area (Å²) < 4.78 is 18.4. The third-order valence-corrected chi connectivity index (χ3v) is 7.95. The number of aromatic nitrogens is 3. The summed E-state index contributed by atoms with van der Waals surface area (Å²) in [5.74, 6) is 1.48. The molecule has 3 aromatic rings. The van der Waals surface area contributed by atoms with Crippen molar-refractivity contribution >= 4 is 40.0 Å². The van der Waals surface area contributed by atoms with Crippen molar-refractivity contribution in [2.45, 2.75) is 57.8 Å². The SMILES string of the molecule is CCOC(=O)c1c(NC(=O)CSc2nnc(COc3ccccc3OC)n2CC)sc2c1CCCC2. The van der Waals surface area contributed by atoms with E-state index in [-0.39, 0.29) is 24.2 Å². The highest BCUT2D eigenvalue weighted by Crippen LogP contribution is 2.38. The van der Waals surface area contributed by atoms with E-state index >= 15 is 0 Å². The van der Waals surface area contributed by atoms with Gasteiger partial charge < -0.3 is 24.1 Å². The third kappa shape index (κ3) is 5.84. The number of fused-ring (bicyclic) bond motifs is 1. The number of para-hydroxylation sites is 2. The first-order chi connectivity index (χ1) is 17.5. The van der Waals surface area contributed by atoms with E-state index < -0.39 is 0 Å². The number of thiophene rings is 1. The van der Waals surface area contributed by atoms with Crippen LogP contribution in [0.3, 0.4) is 0 Å². The number of hydrogen-bond acceptors (Lipinski definition) is 9. The number of carbonyl (C=O) groups is 2. The summed E-state index contributed by atoms with van der Waals surface area (Å²) >= 11 is 2.78. The van der Waals surface area contributed by atoms with Crippen LogP contribution >= 0.6 is 23.1 Å². The summed E-state index contributed by atoms with van der Waals surface area (Å²) in [7, 11) is 1.59. The van der Waals surface area contributed by atoms with Gasteiger partial charge in [0.1, 0.15) is 11.6 Å². The van der Waals surface area contributed by atoms with Gasteiger partial charge in [0.25, 0.3) is 0 Å². The number of nitrogens with zero attached hydrogens (tertiary/aromatic N) is 3. The number of rotatable bonds is 11. The van der Waals surface area contributed by atoms with Crippen LogP contribution in [0.5, 0.6) is 11.5 Å². The van der Waals surface area contributed by atoms with Crippen LogP contribution in [0.1, 0.15) is 53.3 Å². The van der Waals surface area contributed by atoms with Crippen LogP contribution in [-0.4, -0.2) is 46.1 Å². The first-order valence-electron chi connectivity index (χ1n) is 12.0. The van der Waals surface area contributed by atoms with Crippen LogP contribution in [0.2, 0.25) is 0 Å². The van der Waals surface area contributed by atoms with E-state index in [4.69, 9.17) is 14.2 Å². The van der Waals surface area contributed by atoms with Crippen molar-refractivity contribution in [1.82, 2.24) is 14.8 Å². The van der Waals surface area contributed by atoms with Crippen molar-refractivity contribution in [2.75, 3.05) is 24.8 Å². The Morgan fingerprint density at radius 1 is 1.14 bits per heavy atom. The number of benzene rings is 1. The molecule has 1 aliphatic rings. The number of amides is 1. The van der Waals surface area contributed by atoms with Gasteiger partial charge in [-0.25, -0.2) is 4.79 Å². The van der Waals surface area contributed by atoms with Gasteiger partial charge in [-0.1, -0.05) is 23.9 Å². The van der Waals surface area contributed by atoms with E-state index in [0.29, 0.717) is 46.2 Å². The Bertz CT molecular complexity index is 1220. The van der Waals surface area contributed by atoms with E-state index in [1.54, 1.807) is 14.0 Å². The van der Waals surface area contributed by atoms with Gasteiger partial charge in [-0.05, 0) is 57.2 Å². The molecular weight excluding hydrogens is 500 g/mol. The van der Waals surface area contributed by atoms with Crippen molar-refractivity contribution in [3.05, 3.63) is 46.1 Å². The molecule has 0 saturated carbocycles. The maximum Gasteiger partial charge on any atom is 0.341 e. The molecule has 2 heterocycles. The standard InChI is InChI=1S/C25H30N4O5S2/c1-4-29-20(14-34-18-12-8-7-11-17(18)32-3)27-28-25(29)35-15-21(30)26-23-22(24(31)33-5-2)16-10-6-9-13-19(16)36-23/h7-8,11-12H,4-6,9-10,13-15H2,1-3H3,(H,26,30). The van der Waals surface area contributed by atoms with Crippen LogP contribution in [0.25, 0.3) is 0 Å². The lowest BCUT2D eigenvalue weighted by Gasteiger charge is -2.12. The van der Waals surface area contributed by atoms with Crippen molar-refractivity contribution < 1.29 is 23.8 Å². The summed E-state index contributed by atoms with van der Waals surface area (Å²) in [6, 6.07) is 7.41. The number of hydrogen-bond donors (Lipinski definition) is 1. The van der Waals surface area contributed by atoms with Gasteiger partial charge >= 0.3 is 5.97 Å². The molecule has 0 fully saturated rings. The number of esters is 1. The predicted molar refractivity (Wildman–Crippen MR) is 139 cm³/mol. The van der Waals surface area contributed by atoms with E-state index in [2.05, 4.69) is 15.5 Å². The van der Waals surface area contributed by atoms with Gasteiger partial charge in [-0.2, -0.15) is 0 Å². The Morgan fingerprint density at radius 3 is 2.67 bits per heavy atom. The number of anilines is 1. The average Bonchev–Trinajstić information content (AvgIpc) is 3.46. The zero-order chi connectivity index (χ0) is 25.5. The molecule has 36 heavy (non-hydrogen) atoms. The van der Waals surface area contributed by atoms with E-state index in [0.717, 1.165) is 36.1 Å². The number of methoxy groups -OCH3 is 1. The lowest BCUT2D eigenvalue weighted by atomic mass is 9.95. The molecule has 11 heteroatoms. The fourth-order valence-electron chi connectivity index (χ4n) is 4.10. The Balaban J connectivity index is 1.41. The van der Waals surface area contributed by atoms with Crippen molar-refractivity contribution in [3.8, 4) is 11.5 Å². The van der Waals surface area contributed by atoms with Gasteiger partial charge in [0.05, 0.1) is 25.0 Å². The molecule has 0 saturated heterocycles. The highest BCUT2D eigenvalue weighted by molar-refractivity contribution is 7.99. The summed E-state index contributed by atoms with van der Waals surface area (Å²) in [5, 5.41) is 12.7. The van der Waals surface area contributed by atoms with Gasteiger partial charge in [0, 0.05) is 11.4 Å². The number of carbonyl (C=O) groups excluding carboxylic acids is 2. The lowest BCUT2D eigenvalue weighted by Crippen LogP contribution is -2.17. The highest BCUT2D eigenvalue weighted by atomic mass is 32.2. The van der Waals surface area contributed by atoms with Crippen molar-refractivity contribution in [1.29, 1.82) is 0 Å². The summed E-state index contributed by atoms with van der Waals surface area (Å²) in [6.45, 7) is 4.92. The molecule has 1 N–H and O–H groups in total. The van der Waals surface area contributed by atoms with Crippen molar-refractivity contribution in [2.24, 2.45) is 0 Å². The molecular formula is C25H30N4O5S2. The molecule has 1 amide bonds. The highest BCUT2D eigenvalue weighted by Gasteiger charge is 2.27. The zero-order valence-corrected chi connectivity index (χ0v) is 22.3. The first-order valence-corrected chi connectivity index (χ1v) is 13.8. The van der Waals surface area contributed by atoms with Crippen LogP contribution in [-0.2, 0) is 35.5 Å². The molecule has 192 valence electrons. The Hall–Kier alpha value is -3.05. The molecule has 0 atom stereocenters. The molecule has 0 spiro atoms. The lowest BCUT2D eigenvalue weighted by molar-refractivity contribution is -0.113. The molecule has 0 aliphatic heterocycles. The zero-order valence-electron chi connectivity index (χ0n) is 20.7. The van der Waals surface area contributed by atoms with Crippen LogP contribution in [0, 0.1) is 0 Å². The summed E-state index contributed by atoms with van der Waals surface area (Å²) in [5.41, 5.74) is 1.54. The van der Waals surface area contributed by atoms with Crippen LogP contribution in [0.15, 0.2) is 29.4 Å². The second kappa shape index (κ2) is 12.3.